The summed E-state index contributed by atoms with van der Waals surface area (Å²) in [6.45, 7) is 5.33. The van der Waals surface area contributed by atoms with Crippen LogP contribution in [0.2, 0.25) is 0 Å². The van der Waals surface area contributed by atoms with Gasteiger partial charge < -0.3 is 4.74 Å². The molecule has 2 nitrogen and oxygen atoms in total. The molecular weight excluding hydrogens is 195 g/mol. The van der Waals surface area contributed by atoms with E-state index in [0.29, 0.717) is 6.61 Å². The van der Waals surface area contributed by atoms with E-state index >= 15 is 0 Å². The number of nitrogens with zero attached hydrogens (tertiary/aromatic N) is 1. The molecule has 0 aliphatic carbocycles. The third-order valence-corrected chi connectivity index (χ3v) is 1.46. The first-order valence-corrected chi connectivity index (χ1v) is 4.49. The van der Waals surface area contributed by atoms with Crippen LogP contribution < -0.4 is 0 Å². The van der Waals surface area contributed by atoms with Crippen LogP contribution in [-0.2, 0) is 4.74 Å². The van der Waals surface area contributed by atoms with Gasteiger partial charge in [-0.25, -0.2) is 0 Å². The van der Waals surface area contributed by atoms with Crippen LogP contribution in [0.1, 0.15) is 20.8 Å². The number of likely N-dealkylation sites (N-methyl/N-ethyl adjacent to an activating group) is 1. The summed E-state index contributed by atoms with van der Waals surface area (Å²) in [5.41, 5.74) is -0.293. The zero-order chi connectivity index (χ0) is 11.4. The van der Waals surface area contributed by atoms with Gasteiger partial charge in [-0.3, -0.25) is 4.90 Å². The Labute approximate surface area is 83.0 Å². The van der Waals surface area contributed by atoms with E-state index in [-0.39, 0.29) is 12.1 Å². The Balaban J connectivity index is 3.60. The predicted octanol–water partition coefficient (Wildman–Crippen LogP) is 2.30. The fourth-order valence-electron chi connectivity index (χ4n) is 0.893. The zero-order valence-electron chi connectivity index (χ0n) is 9.11. The van der Waals surface area contributed by atoms with Gasteiger partial charge in [0, 0.05) is 6.54 Å². The largest absolute Gasteiger partial charge is 0.401 e. The first-order valence-electron chi connectivity index (χ1n) is 4.49. The summed E-state index contributed by atoms with van der Waals surface area (Å²) in [6, 6.07) is 0. The molecule has 0 bridgehead atoms. The lowest BCUT2D eigenvalue weighted by molar-refractivity contribution is -0.145. The van der Waals surface area contributed by atoms with Gasteiger partial charge in [-0.15, -0.1) is 0 Å². The SMILES string of the molecule is CN(CCOC(C)(C)C)CC(F)(F)F. The van der Waals surface area contributed by atoms with Crippen LogP contribution in [0.5, 0.6) is 0 Å². The Bertz CT molecular complexity index is 162. The highest BCUT2D eigenvalue weighted by atomic mass is 19.4. The molecule has 0 amide bonds. The fourth-order valence-corrected chi connectivity index (χ4v) is 0.893. The summed E-state index contributed by atoms with van der Waals surface area (Å²) in [5, 5.41) is 0. The van der Waals surface area contributed by atoms with Crippen molar-refractivity contribution >= 4 is 0 Å². The number of hydrogen-bond donors (Lipinski definition) is 0. The van der Waals surface area contributed by atoms with Crippen LogP contribution in [0, 0.1) is 0 Å². The normalized spacial score (nSPS) is 13.7. The molecule has 0 fully saturated rings. The molecule has 0 aliphatic heterocycles. The number of hydrogen-bond acceptors (Lipinski definition) is 2. The Morgan fingerprint density at radius 3 is 2.00 bits per heavy atom. The van der Waals surface area contributed by atoms with Crippen molar-refractivity contribution in [2.45, 2.75) is 32.5 Å². The smallest absolute Gasteiger partial charge is 0.375 e. The third-order valence-electron chi connectivity index (χ3n) is 1.46. The highest BCUT2D eigenvalue weighted by Crippen LogP contribution is 2.15. The monoisotopic (exact) mass is 213 g/mol. The van der Waals surface area contributed by atoms with E-state index in [1.165, 1.54) is 11.9 Å². The topological polar surface area (TPSA) is 12.5 Å². The molecule has 0 spiro atoms. The van der Waals surface area contributed by atoms with Crippen molar-refractivity contribution in [3.05, 3.63) is 0 Å². The summed E-state index contributed by atoms with van der Waals surface area (Å²) in [4.78, 5) is 1.20. The predicted molar refractivity (Wildman–Crippen MR) is 49.3 cm³/mol. The highest BCUT2D eigenvalue weighted by Gasteiger charge is 2.28. The van der Waals surface area contributed by atoms with Crippen molar-refractivity contribution in [1.29, 1.82) is 0 Å². The van der Waals surface area contributed by atoms with Crippen molar-refractivity contribution in [2.24, 2.45) is 0 Å². The van der Waals surface area contributed by atoms with Crippen molar-refractivity contribution < 1.29 is 17.9 Å². The average Bonchev–Trinajstić information content (AvgIpc) is 1.78. The fraction of sp³-hybridized carbons (Fsp3) is 1.00. The first kappa shape index (κ1) is 13.7. The molecule has 0 aromatic heterocycles. The lowest BCUT2D eigenvalue weighted by Crippen LogP contribution is -2.34. The lowest BCUT2D eigenvalue weighted by Gasteiger charge is -2.23. The highest BCUT2D eigenvalue weighted by molar-refractivity contribution is 4.61. The molecule has 0 aromatic rings. The molecule has 0 unspecified atom stereocenters. The van der Waals surface area contributed by atoms with Crippen molar-refractivity contribution in [2.75, 3.05) is 26.7 Å². The summed E-state index contributed by atoms with van der Waals surface area (Å²) < 4.78 is 41.0. The molecule has 0 saturated heterocycles. The Morgan fingerprint density at radius 2 is 1.64 bits per heavy atom. The second kappa shape index (κ2) is 4.98. The van der Waals surface area contributed by atoms with E-state index < -0.39 is 12.7 Å². The molecule has 0 rings (SSSR count). The lowest BCUT2D eigenvalue weighted by atomic mass is 10.2. The average molecular weight is 213 g/mol. The molecule has 0 aromatic carbocycles. The molecule has 0 N–H and O–H groups in total. The quantitative estimate of drug-likeness (QED) is 0.710. The number of rotatable bonds is 4. The standard InChI is InChI=1S/C9H18F3NO/c1-8(2,3)14-6-5-13(4)7-9(10,11)12/h5-7H2,1-4H3. The summed E-state index contributed by atoms with van der Waals surface area (Å²) >= 11 is 0. The molecule has 5 heteroatoms. The van der Waals surface area contributed by atoms with Crippen LogP contribution in [-0.4, -0.2) is 43.4 Å². The van der Waals surface area contributed by atoms with Crippen LogP contribution in [0.15, 0.2) is 0 Å². The number of halogens is 3. The van der Waals surface area contributed by atoms with Gasteiger partial charge in [-0.05, 0) is 27.8 Å². The third kappa shape index (κ3) is 9.80. The maximum atomic E-state index is 11.9. The first-order chi connectivity index (χ1) is 6.10. The molecule has 0 aliphatic rings. The van der Waals surface area contributed by atoms with Crippen molar-refractivity contribution in [3.63, 3.8) is 0 Å². The van der Waals surface area contributed by atoms with Crippen LogP contribution in [0.25, 0.3) is 0 Å². The van der Waals surface area contributed by atoms with Gasteiger partial charge in [0.2, 0.25) is 0 Å². The van der Waals surface area contributed by atoms with E-state index in [0.717, 1.165) is 0 Å². The van der Waals surface area contributed by atoms with Crippen LogP contribution >= 0.6 is 0 Å². The summed E-state index contributed by atoms with van der Waals surface area (Å²) in [7, 11) is 1.43. The molecule has 14 heavy (non-hydrogen) atoms. The van der Waals surface area contributed by atoms with E-state index in [4.69, 9.17) is 4.74 Å². The van der Waals surface area contributed by atoms with Crippen molar-refractivity contribution in [3.8, 4) is 0 Å². The van der Waals surface area contributed by atoms with E-state index in [1.807, 2.05) is 20.8 Å². The summed E-state index contributed by atoms with van der Waals surface area (Å²) in [5.74, 6) is 0. The van der Waals surface area contributed by atoms with E-state index in [2.05, 4.69) is 0 Å². The molecule has 0 radical (unpaired) electrons. The van der Waals surface area contributed by atoms with Gasteiger partial charge in [-0.1, -0.05) is 0 Å². The summed E-state index contributed by atoms with van der Waals surface area (Å²) in [6.07, 6.45) is -4.13. The second-order valence-electron chi connectivity index (χ2n) is 4.31. The minimum Gasteiger partial charge on any atom is -0.375 e. The molecular formula is C9H18F3NO. The van der Waals surface area contributed by atoms with Crippen molar-refractivity contribution in [1.82, 2.24) is 4.90 Å². The maximum absolute atomic E-state index is 11.9. The molecule has 86 valence electrons. The van der Waals surface area contributed by atoms with Gasteiger partial charge in [0.05, 0.1) is 18.8 Å². The maximum Gasteiger partial charge on any atom is 0.401 e. The minimum absolute atomic E-state index is 0.288. The zero-order valence-corrected chi connectivity index (χ0v) is 9.11. The Kier molecular flexibility index (Phi) is 4.88. The van der Waals surface area contributed by atoms with Gasteiger partial charge in [0.25, 0.3) is 0 Å². The number of alkyl halides is 3. The van der Waals surface area contributed by atoms with Gasteiger partial charge in [0.1, 0.15) is 0 Å². The van der Waals surface area contributed by atoms with E-state index in [1.54, 1.807) is 0 Å². The minimum atomic E-state index is -4.13. The van der Waals surface area contributed by atoms with Gasteiger partial charge >= 0.3 is 6.18 Å². The second-order valence-corrected chi connectivity index (χ2v) is 4.31. The number of ether oxygens (including phenoxy) is 1. The molecule has 0 atom stereocenters. The van der Waals surface area contributed by atoms with E-state index in [9.17, 15) is 13.2 Å². The van der Waals surface area contributed by atoms with Crippen LogP contribution in [0.3, 0.4) is 0 Å². The van der Waals surface area contributed by atoms with Crippen LogP contribution in [0.4, 0.5) is 13.2 Å². The molecule has 0 saturated carbocycles. The van der Waals surface area contributed by atoms with Gasteiger partial charge in [-0.2, -0.15) is 13.2 Å². The molecule has 0 heterocycles. The van der Waals surface area contributed by atoms with Gasteiger partial charge in [0.15, 0.2) is 0 Å². The Hall–Kier alpha value is -0.290. The Morgan fingerprint density at radius 1 is 1.14 bits per heavy atom.